The quantitative estimate of drug-likeness (QED) is 0.553. The maximum Gasteiger partial charge on any atom is 0.374 e. The van der Waals surface area contributed by atoms with E-state index in [9.17, 15) is 9.59 Å². The zero-order valence-corrected chi connectivity index (χ0v) is 14.1. The lowest BCUT2D eigenvalue weighted by Gasteiger charge is -2.16. The van der Waals surface area contributed by atoms with E-state index in [1.165, 1.54) is 7.11 Å². The second kappa shape index (κ2) is 7.21. The van der Waals surface area contributed by atoms with Gasteiger partial charge in [0.25, 0.3) is 0 Å². The minimum absolute atomic E-state index is 0.0513. The summed E-state index contributed by atoms with van der Waals surface area (Å²) in [5.41, 5.74) is 2.85. The van der Waals surface area contributed by atoms with E-state index in [0.717, 1.165) is 27.8 Å². The zero-order valence-electron chi connectivity index (χ0n) is 14.1. The third kappa shape index (κ3) is 3.40. The van der Waals surface area contributed by atoms with Crippen molar-refractivity contribution in [1.29, 1.82) is 0 Å². The van der Waals surface area contributed by atoms with Crippen LogP contribution in [0.5, 0.6) is 5.75 Å². The fourth-order valence-corrected chi connectivity index (χ4v) is 3.02. The predicted molar refractivity (Wildman–Crippen MR) is 94.8 cm³/mol. The molecule has 1 heterocycles. The van der Waals surface area contributed by atoms with E-state index in [0.29, 0.717) is 0 Å². The van der Waals surface area contributed by atoms with Crippen molar-refractivity contribution < 1.29 is 19.1 Å². The van der Waals surface area contributed by atoms with Gasteiger partial charge in [-0.3, -0.25) is 4.79 Å². The van der Waals surface area contributed by atoms with Gasteiger partial charge in [-0.15, -0.1) is 0 Å². The lowest BCUT2D eigenvalue weighted by Crippen LogP contribution is -2.19. The Labute approximate surface area is 145 Å². The summed E-state index contributed by atoms with van der Waals surface area (Å²) in [7, 11) is 2.84. The van der Waals surface area contributed by atoms with Crippen LogP contribution in [0.1, 0.15) is 23.5 Å². The number of nitrogens with one attached hydrogen (secondary N) is 1. The van der Waals surface area contributed by atoms with Crippen molar-refractivity contribution in [2.24, 2.45) is 0 Å². The van der Waals surface area contributed by atoms with Crippen LogP contribution in [0.15, 0.2) is 54.7 Å². The zero-order chi connectivity index (χ0) is 17.8. The van der Waals surface area contributed by atoms with Crippen LogP contribution in [0.4, 0.5) is 0 Å². The minimum Gasteiger partial charge on any atom is -0.497 e. The van der Waals surface area contributed by atoms with Crippen molar-refractivity contribution >= 4 is 22.7 Å². The molecule has 5 heteroatoms. The maximum atomic E-state index is 12.2. The summed E-state index contributed by atoms with van der Waals surface area (Å²) < 4.78 is 9.82. The molecule has 0 aliphatic heterocycles. The van der Waals surface area contributed by atoms with Gasteiger partial charge in [0, 0.05) is 35.5 Å². The van der Waals surface area contributed by atoms with Crippen molar-refractivity contribution in [1.82, 2.24) is 4.98 Å². The molecule has 0 amide bonds. The van der Waals surface area contributed by atoms with Gasteiger partial charge in [-0.2, -0.15) is 0 Å². The van der Waals surface area contributed by atoms with E-state index in [-0.39, 0.29) is 12.3 Å². The van der Waals surface area contributed by atoms with Gasteiger partial charge in [-0.05, 0) is 23.3 Å². The van der Waals surface area contributed by atoms with Crippen molar-refractivity contribution in [3.63, 3.8) is 0 Å². The number of H-pyrrole nitrogens is 1. The molecule has 0 saturated carbocycles. The first-order chi connectivity index (χ1) is 12.1. The average molecular weight is 337 g/mol. The summed E-state index contributed by atoms with van der Waals surface area (Å²) in [4.78, 5) is 27.0. The van der Waals surface area contributed by atoms with Crippen LogP contribution < -0.4 is 4.74 Å². The van der Waals surface area contributed by atoms with Crippen LogP contribution >= 0.6 is 0 Å². The van der Waals surface area contributed by atoms with Crippen LogP contribution in [0, 0.1) is 0 Å². The van der Waals surface area contributed by atoms with Gasteiger partial charge >= 0.3 is 5.97 Å². The molecule has 1 atom stereocenters. The molecule has 0 aliphatic rings. The summed E-state index contributed by atoms with van der Waals surface area (Å²) in [5.74, 6) is -0.848. The first-order valence-corrected chi connectivity index (χ1v) is 7.95. The largest absolute Gasteiger partial charge is 0.497 e. The number of ether oxygens (including phenoxy) is 2. The Balaban J connectivity index is 2.05. The number of fused-ring (bicyclic) bond motifs is 1. The molecule has 1 N–H and O–H groups in total. The fourth-order valence-electron chi connectivity index (χ4n) is 3.02. The fraction of sp³-hybridized carbons (Fsp3) is 0.200. The SMILES string of the molecule is COC(=O)C(=O)CC(c1ccccc1)c1c[nH]c2cc(OC)ccc12. The molecule has 0 saturated heterocycles. The molecule has 0 bridgehead atoms. The van der Waals surface area contributed by atoms with E-state index in [1.807, 2.05) is 54.7 Å². The smallest absolute Gasteiger partial charge is 0.374 e. The molecule has 0 aliphatic carbocycles. The third-order valence-electron chi connectivity index (χ3n) is 4.30. The highest BCUT2D eigenvalue weighted by atomic mass is 16.5. The van der Waals surface area contributed by atoms with Gasteiger partial charge in [0.15, 0.2) is 0 Å². The maximum absolute atomic E-state index is 12.2. The standard InChI is InChI=1S/C20H19NO4/c1-24-14-8-9-15-17(12-21-18(15)10-14)16(11-19(22)20(23)25-2)13-6-4-3-5-7-13/h3-10,12,16,21H,11H2,1-2H3. The summed E-state index contributed by atoms with van der Waals surface area (Å²) >= 11 is 0. The number of carbonyl (C=O) groups excluding carboxylic acids is 2. The number of aromatic nitrogens is 1. The van der Waals surface area contributed by atoms with Crippen LogP contribution in [0.25, 0.3) is 10.9 Å². The lowest BCUT2D eigenvalue weighted by atomic mass is 9.87. The number of rotatable bonds is 6. The Morgan fingerprint density at radius 1 is 1.08 bits per heavy atom. The molecule has 2 aromatic carbocycles. The Morgan fingerprint density at radius 3 is 2.52 bits per heavy atom. The van der Waals surface area contributed by atoms with Crippen molar-refractivity contribution in [3.8, 4) is 5.75 Å². The summed E-state index contributed by atoms with van der Waals surface area (Å²) in [6.45, 7) is 0. The molecule has 0 radical (unpaired) electrons. The molecule has 3 rings (SSSR count). The number of methoxy groups -OCH3 is 2. The van der Waals surface area contributed by atoms with Gasteiger partial charge in [0.1, 0.15) is 5.75 Å². The molecule has 1 unspecified atom stereocenters. The highest BCUT2D eigenvalue weighted by molar-refractivity contribution is 6.33. The number of carbonyl (C=O) groups is 2. The summed E-state index contributed by atoms with van der Waals surface area (Å²) in [6, 6.07) is 15.4. The van der Waals surface area contributed by atoms with Crippen LogP contribution in [-0.2, 0) is 14.3 Å². The molecule has 3 aromatic rings. The molecule has 0 spiro atoms. The minimum atomic E-state index is -0.817. The van der Waals surface area contributed by atoms with E-state index in [1.54, 1.807) is 7.11 Å². The third-order valence-corrected chi connectivity index (χ3v) is 4.30. The Hall–Kier alpha value is -3.08. The number of Topliss-reactive ketones (excluding diaryl/α,β-unsaturated/α-hetero) is 1. The Morgan fingerprint density at radius 2 is 1.84 bits per heavy atom. The number of aromatic amines is 1. The molecule has 25 heavy (non-hydrogen) atoms. The molecule has 1 aromatic heterocycles. The van der Waals surface area contributed by atoms with Crippen LogP contribution in [0.2, 0.25) is 0 Å². The first kappa shape index (κ1) is 16.8. The van der Waals surface area contributed by atoms with E-state index < -0.39 is 11.8 Å². The number of benzene rings is 2. The highest BCUT2D eigenvalue weighted by Crippen LogP contribution is 2.34. The number of ketones is 1. The summed E-state index contributed by atoms with van der Waals surface area (Å²) in [5, 5.41) is 0.993. The molecule has 128 valence electrons. The molecular weight excluding hydrogens is 318 g/mol. The van der Waals surface area contributed by atoms with Crippen molar-refractivity contribution in [3.05, 3.63) is 65.9 Å². The number of esters is 1. The van der Waals surface area contributed by atoms with Crippen LogP contribution in [-0.4, -0.2) is 31.0 Å². The monoisotopic (exact) mass is 337 g/mol. The van der Waals surface area contributed by atoms with E-state index in [2.05, 4.69) is 9.72 Å². The highest BCUT2D eigenvalue weighted by Gasteiger charge is 2.25. The Kier molecular flexibility index (Phi) is 4.84. The molecular formula is C20H19NO4. The van der Waals surface area contributed by atoms with Crippen molar-refractivity contribution in [2.75, 3.05) is 14.2 Å². The lowest BCUT2D eigenvalue weighted by molar-refractivity contribution is -0.151. The molecule has 0 fully saturated rings. The topological polar surface area (TPSA) is 68.4 Å². The van der Waals surface area contributed by atoms with Crippen LogP contribution in [0.3, 0.4) is 0 Å². The summed E-state index contributed by atoms with van der Waals surface area (Å²) in [6.07, 6.45) is 1.93. The van der Waals surface area contributed by atoms with Gasteiger partial charge in [-0.25, -0.2) is 4.79 Å². The Bertz CT molecular complexity index is 898. The average Bonchev–Trinajstić information content (AvgIpc) is 3.08. The number of hydrogen-bond acceptors (Lipinski definition) is 4. The molecule has 5 nitrogen and oxygen atoms in total. The van der Waals surface area contributed by atoms with E-state index >= 15 is 0 Å². The van der Waals surface area contributed by atoms with Crippen molar-refractivity contribution in [2.45, 2.75) is 12.3 Å². The first-order valence-electron chi connectivity index (χ1n) is 7.95. The van der Waals surface area contributed by atoms with Gasteiger partial charge in [-0.1, -0.05) is 30.3 Å². The second-order valence-corrected chi connectivity index (χ2v) is 5.74. The van der Waals surface area contributed by atoms with Gasteiger partial charge in [0.05, 0.1) is 14.2 Å². The normalized spacial score (nSPS) is 11.9. The second-order valence-electron chi connectivity index (χ2n) is 5.74. The van der Waals surface area contributed by atoms with E-state index in [4.69, 9.17) is 4.74 Å². The number of hydrogen-bond donors (Lipinski definition) is 1. The van der Waals surface area contributed by atoms with Gasteiger partial charge < -0.3 is 14.5 Å². The van der Waals surface area contributed by atoms with Gasteiger partial charge in [0.2, 0.25) is 5.78 Å². The predicted octanol–water partition coefficient (Wildman–Crippen LogP) is 3.44.